The van der Waals surface area contributed by atoms with Gasteiger partial charge in [0, 0.05) is 5.56 Å². The molecular formula is C21H26O3. The van der Waals surface area contributed by atoms with Gasteiger partial charge in [0.1, 0.15) is 12.4 Å². The Balaban J connectivity index is 1.76. The molecule has 5 rings (SSSR count). The third kappa shape index (κ3) is 2.54. The number of rotatable bonds is 5. The van der Waals surface area contributed by atoms with Crippen LogP contribution in [0.4, 0.5) is 0 Å². The summed E-state index contributed by atoms with van der Waals surface area (Å²) in [4.78, 5) is 12.0. The third-order valence-electron chi connectivity index (χ3n) is 6.37. The summed E-state index contributed by atoms with van der Waals surface area (Å²) in [5.74, 6) is 3.21. The van der Waals surface area contributed by atoms with Crippen LogP contribution < -0.4 is 4.74 Å². The maximum atomic E-state index is 12.0. The minimum absolute atomic E-state index is 0.190. The molecule has 0 unspecified atom stereocenters. The Bertz CT molecular complexity index is 626. The van der Waals surface area contributed by atoms with Crippen LogP contribution in [0.15, 0.2) is 30.9 Å². The van der Waals surface area contributed by atoms with Crippen LogP contribution in [-0.4, -0.2) is 19.7 Å². The number of methoxy groups -OCH3 is 1. The summed E-state index contributed by atoms with van der Waals surface area (Å²) in [6.45, 7) is 4.25. The van der Waals surface area contributed by atoms with Crippen LogP contribution in [0.1, 0.15) is 54.4 Å². The number of esters is 1. The maximum absolute atomic E-state index is 12.0. The number of carbonyl (C=O) groups is 1. The standard InChI is InChI=1S/C21H26O3/c1-3-6-24-19-5-4-17(20(22)23-2)10-18(19)21-11-14-7-15(12-21)9-16(8-14)13-21/h3-5,10,14-16H,1,6-9,11-13H2,2H3. The second kappa shape index (κ2) is 5.94. The van der Waals surface area contributed by atoms with Crippen molar-refractivity contribution in [3.8, 4) is 5.75 Å². The molecule has 0 aliphatic heterocycles. The van der Waals surface area contributed by atoms with E-state index >= 15 is 0 Å². The third-order valence-corrected chi connectivity index (χ3v) is 6.37. The van der Waals surface area contributed by atoms with E-state index in [0.717, 1.165) is 23.5 Å². The first kappa shape index (κ1) is 15.7. The number of hydrogen-bond donors (Lipinski definition) is 0. The fourth-order valence-electron chi connectivity index (χ4n) is 5.90. The van der Waals surface area contributed by atoms with E-state index in [1.165, 1.54) is 51.2 Å². The van der Waals surface area contributed by atoms with Gasteiger partial charge in [0.15, 0.2) is 0 Å². The van der Waals surface area contributed by atoms with Crippen LogP contribution in [0, 0.1) is 17.8 Å². The van der Waals surface area contributed by atoms with Crippen LogP contribution in [0.2, 0.25) is 0 Å². The highest BCUT2D eigenvalue weighted by Gasteiger charge is 2.52. The molecule has 3 heteroatoms. The minimum atomic E-state index is -0.267. The molecule has 4 aliphatic carbocycles. The van der Waals surface area contributed by atoms with Gasteiger partial charge in [-0.05, 0) is 79.9 Å². The molecule has 24 heavy (non-hydrogen) atoms. The van der Waals surface area contributed by atoms with E-state index in [1.54, 1.807) is 6.08 Å². The van der Waals surface area contributed by atoms with Gasteiger partial charge in [-0.2, -0.15) is 0 Å². The average Bonchev–Trinajstić information content (AvgIpc) is 2.58. The van der Waals surface area contributed by atoms with Gasteiger partial charge < -0.3 is 9.47 Å². The second-order valence-corrected chi connectivity index (χ2v) is 8.00. The lowest BCUT2D eigenvalue weighted by molar-refractivity contribution is -0.00631. The molecule has 0 spiro atoms. The Kier molecular flexibility index (Phi) is 3.90. The summed E-state index contributed by atoms with van der Waals surface area (Å²) in [7, 11) is 1.44. The molecule has 4 bridgehead atoms. The Morgan fingerprint density at radius 2 is 1.83 bits per heavy atom. The molecule has 0 N–H and O–H groups in total. The number of hydrogen-bond acceptors (Lipinski definition) is 3. The van der Waals surface area contributed by atoms with E-state index in [-0.39, 0.29) is 11.4 Å². The maximum Gasteiger partial charge on any atom is 0.337 e. The highest BCUT2D eigenvalue weighted by molar-refractivity contribution is 5.89. The first-order valence-electron chi connectivity index (χ1n) is 9.10. The molecule has 0 radical (unpaired) electrons. The fraction of sp³-hybridized carbons (Fsp3) is 0.571. The number of benzene rings is 1. The second-order valence-electron chi connectivity index (χ2n) is 8.00. The van der Waals surface area contributed by atoms with E-state index in [9.17, 15) is 4.79 Å². The van der Waals surface area contributed by atoms with E-state index in [2.05, 4.69) is 6.58 Å². The zero-order valence-corrected chi connectivity index (χ0v) is 14.4. The lowest BCUT2D eigenvalue weighted by Crippen LogP contribution is -2.48. The SMILES string of the molecule is C=CCOc1ccc(C(=O)OC)cc1C12CC3CC(CC(C3)C1)C2. The fourth-order valence-corrected chi connectivity index (χ4v) is 5.90. The van der Waals surface area contributed by atoms with Crippen LogP contribution >= 0.6 is 0 Å². The van der Waals surface area contributed by atoms with Crippen LogP contribution in [0.25, 0.3) is 0 Å². The summed E-state index contributed by atoms with van der Waals surface area (Å²) in [6, 6.07) is 5.80. The number of carbonyl (C=O) groups excluding carboxylic acids is 1. The van der Waals surface area contributed by atoms with E-state index in [0.29, 0.717) is 12.2 Å². The van der Waals surface area contributed by atoms with Gasteiger partial charge >= 0.3 is 5.97 Å². The predicted octanol–water partition coefficient (Wildman–Crippen LogP) is 4.51. The van der Waals surface area contributed by atoms with Crippen molar-refractivity contribution in [2.45, 2.75) is 43.9 Å². The zero-order chi connectivity index (χ0) is 16.7. The molecule has 4 saturated carbocycles. The largest absolute Gasteiger partial charge is 0.489 e. The normalized spacial score (nSPS) is 33.3. The van der Waals surface area contributed by atoms with Gasteiger partial charge in [-0.1, -0.05) is 12.7 Å². The van der Waals surface area contributed by atoms with Crippen molar-refractivity contribution >= 4 is 5.97 Å². The van der Waals surface area contributed by atoms with E-state index in [1.807, 2.05) is 18.2 Å². The first-order chi connectivity index (χ1) is 11.6. The van der Waals surface area contributed by atoms with Gasteiger partial charge in [0.2, 0.25) is 0 Å². The molecule has 0 atom stereocenters. The topological polar surface area (TPSA) is 35.5 Å². The lowest BCUT2D eigenvalue weighted by atomic mass is 9.48. The van der Waals surface area contributed by atoms with Gasteiger partial charge in [-0.15, -0.1) is 0 Å². The van der Waals surface area contributed by atoms with E-state index < -0.39 is 0 Å². The van der Waals surface area contributed by atoms with Crippen molar-refractivity contribution in [1.29, 1.82) is 0 Å². The van der Waals surface area contributed by atoms with Crippen LogP contribution in [-0.2, 0) is 10.2 Å². The minimum Gasteiger partial charge on any atom is -0.489 e. The molecule has 1 aromatic rings. The Morgan fingerprint density at radius 3 is 2.38 bits per heavy atom. The Morgan fingerprint density at radius 1 is 1.21 bits per heavy atom. The van der Waals surface area contributed by atoms with Gasteiger partial charge in [-0.3, -0.25) is 0 Å². The van der Waals surface area contributed by atoms with Gasteiger partial charge in [0.25, 0.3) is 0 Å². The molecule has 0 aromatic heterocycles. The molecule has 0 saturated heterocycles. The summed E-state index contributed by atoms with van der Waals surface area (Å²) >= 11 is 0. The van der Waals surface area contributed by atoms with Crippen LogP contribution in [0.3, 0.4) is 0 Å². The van der Waals surface area contributed by atoms with E-state index in [4.69, 9.17) is 9.47 Å². The Labute approximate surface area is 144 Å². The van der Waals surface area contributed by atoms with Crippen molar-refractivity contribution in [2.24, 2.45) is 17.8 Å². The van der Waals surface area contributed by atoms with Crippen molar-refractivity contribution in [3.63, 3.8) is 0 Å². The Hall–Kier alpha value is -1.77. The summed E-state index contributed by atoms with van der Waals surface area (Å²) in [6.07, 6.45) is 9.71. The van der Waals surface area contributed by atoms with Gasteiger partial charge in [-0.25, -0.2) is 4.79 Å². The average molecular weight is 326 g/mol. The highest BCUT2D eigenvalue weighted by atomic mass is 16.5. The van der Waals surface area contributed by atoms with Crippen LogP contribution in [0.5, 0.6) is 5.75 Å². The molecule has 1 aromatic carbocycles. The van der Waals surface area contributed by atoms with Crippen molar-refractivity contribution in [1.82, 2.24) is 0 Å². The molecule has 0 amide bonds. The number of ether oxygens (including phenoxy) is 2. The summed E-state index contributed by atoms with van der Waals surface area (Å²) < 4.78 is 10.9. The molecule has 3 nitrogen and oxygen atoms in total. The quantitative estimate of drug-likeness (QED) is 0.590. The molecule has 4 aliphatic rings. The zero-order valence-electron chi connectivity index (χ0n) is 14.4. The van der Waals surface area contributed by atoms with Crippen molar-refractivity contribution in [2.75, 3.05) is 13.7 Å². The summed E-state index contributed by atoms with van der Waals surface area (Å²) in [5, 5.41) is 0. The monoisotopic (exact) mass is 326 g/mol. The lowest BCUT2D eigenvalue weighted by Gasteiger charge is -2.57. The highest BCUT2D eigenvalue weighted by Crippen LogP contribution is 2.61. The van der Waals surface area contributed by atoms with Crippen molar-refractivity contribution < 1.29 is 14.3 Å². The van der Waals surface area contributed by atoms with Crippen molar-refractivity contribution in [3.05, 3.63) is 42.0 Å². The smallest absolute Gasteiger partial charge is 0.337 e. The predicted molar refractivity (Wildman–Crippen MR) is 93.3 cm³/mol. The molecule has 128 valence electrons. The molecular weight excluding hydrogens is 300 g/mol. The first-order valence-corrected chi connectivity index (χ1v) is 9.10. The van der Waals surface area contributed by atoms with Gasteiger partial charge in [0.05, 0.1) is 12.7 Å². The molecule has 4 fully saturated rings. The molecule has 0 heterocycles. The summed E-state index contributed by atoms with van der Waals surface area (Å²) in [5.41, 5.74) is 2.05.